The topological polar surface area (TPSA) is 45.6 Å². The molecule has 2 N–H and O–H groups in total. The molecule has 0 unspecified atom stereocenters. The number of rotatable bonds is 5. The molecule has 4 nitrogen and oxygen atoms in total. The van der Waals surface area contributed by atoms with Crippen LogP contribution in [0.5, 0.6) is 0 Å². The Morgan fingerprint density at radius 3 is 3.13 bits per heavy atom. The third-order valence-electron chi connectivity index (χ3n) is 2.35. The van der Waals surface area contributed by atoms with Crippen LogP contribution in [-0.2, 0) is 20.0 Å². The zero-order chi connectivity index (χ0) is 10.5. The van der Waals surface area contributed by atoms with E-state index in [-0.39, 0.29) is 0 Å². The summed E-state index contributed by atoms with van der Waals surface area (Å²) in [4.78, 5) is 7.06. The molecule has 0 saturated carbocycles. The van der Waals surface area contributed by atoms with Gasteiger partial charge in [0.25, 0.3) is 0 Å². The van der Waals surface area contributed by atoms with Crippen molar-refractivity contribution in [3.8, 4) is 0 Å². The van der Waals surface area contributed by atoms with E-state index >= 15 is 0 Å². The molecule has 0 spiro atoms. The predicted octanol–water partition coefficient (Wildman–Crippen LogP) is 1.08. The van der Waals surface area contributed by atoms with Gasteiger partial charge in [-0.2, -0.15) is 0 Å². The number of H-pyrrole nitrogens is 1. The summed E-state index contributed by atoms with van der Waals surface area (Å²) in [6, 6.07) is 2.13. The minimum absolute atomic E-state index is 0.926. The second-order valence-electron chi connectivity index (χ2n) is 3.69. The van der Waals surface area contributed by atoms with Gasteiger partial charge in [-0.3, -0.25) is 0 Å². The van der Waals surface area contributed by atoms with Gasteiger partial charge in [0.15, 0.2) is 0 Å². The highest BCUT2D eigenvalue weighted by Gasteiger charge is 1.95. The summed E-state index contributed by atoms with van der Waals surface area (Å²) in [6.07, 6.45) is 8.76. The van der Waals surface area contributed by atoms with Gasteiger partial charge in [-0.25, -0.2) is 4.98 Å². The van der Waals surface area contributed by atoms with Crippen LogP contribution >= 0.6 is 0 Å². The molecule has 2 aromatic rings. The Kier molecular flexibility index (Phi) is 3.19. The van der Waals surface area contributed by atoms with Crippen molar-refractivity contribution in [2.45, 2.75) is 13.0 Å². The van der Waals surface area contributed by atoms with Gasteiger partial charge in [-0.1, -0.05) is 0 Å². The minimum Gasteiger partial charge on any atom is -0.357 e. The summed E-state index contributed by atoms with van der Waals surface area (Å²) in [5.74, 6) is 0. The number of aromatic nitrogens is 3. The van der Waals surface area contributed by atoms with Crippen LogP contribution in [0.3, 0.4) is 0 Å². The maximum absolute atomic E-state index is 3.98. The zero-order valence-electron chi connectivity index (χ0n) is 8.90. The zero-order valence-corrected chi connectivity index (χ0v) is 8.90. The van der Waals surface area contributed by atoms with Crippen LogP contribution in [0.4, 0.5) is 0 Å². The van der Waals surface area contributed by atoms with E-state index in [1.54, 1.807) is 6.33 Å². The van der Waals surface area contributed by atoms with Gasteiger partial charge < -0.3 is 14.9 Å². The number of aryl methyl sites for hydroxylation is 1. The van der Waals surface area contributed by atoms with Crippen molar-refractivity contribution in [2.75, 3.05) is 6.54 Å². The van der Waals surface area contributed by atoms with E-state index in [4.69, 9.17) is 0 Å². The van der Waals surface area contributed by atoms with Gasteiger partial charge in [-0.15, -0.1) is 0 Å². The van der Waals surface area contributed by atoms with Gasteiger partial charge in [-0.05, 0) is 11.6 Å². The molecule has 4 heteroatoms. The molecular weight excluding hydrogens is 188 g/mol. The second kappa shape index (κ2) is 4.79. The van der Waals surface area contributed by atoms with Crippen LogP contribution < -0.4 is 5.32 Å². The Labute approximate surface area is 89.3 Å². The summed E-state index contributed by atoms with van der Waals surface area (Å²) in [5.41, 5.74) is 2.50. The van der Waals surface area contributed by atoms with Crippen molar-refractivity contribution >= 4 is 0 Å². The molecular formula is C11H16N4. The smallest absolute Gasteiger partial charge is 0.0921 e. The number of hydrogen-bond donors (Lipinski definition) is 2. The number of nitrogens with one attached hydrogen (secondary N) is 2. The second-order valence-corrected chi connectivity index (χ2v) is 3.69. The lowest BCUT2D eigenvalue weighted by Gasteiger charge is -2.01. The van der Waals surface area contributed by atoms with E-state index in [1.807, 2.05) is 13.2 Å². The van der Waals surface area contributed by atoms with Gasteiger partial charge in [0, 0.05) is 50.8 Å². The van der Waals surface area contributed by atoms with Gasteiger partial charge in [0.05, 0.1) is 6.33 Å². The van der Waals surface area contributed by atoms with Crippen LogP contribution in [0, 0.1) is 0 Å². The van der Waals surface area contributed by atoms with Crippen LogP contribution in [0.1, 0.15) is 11.3 Å². The van der Waals surface area contributed by atoms with Gasteiger partial charge in [0.1, 0.15) is 0 Å². The maximum Gasteiger partial charge on any atom is 0.0921 e. The van der Waals surface area contributed by atoms with E-state index in [2.05, 4.69) is 38.3 Å². The molecule has 0 amide bonds. The predicted molar refractivity (Wildman–Crippen MR) is 59.4 cm³/mol. The molecule has 0 aliphatic rings. The highest BCUT2D eigenvalue weighted by Crippen LogP contribution is 1.98. The average molecular weight is 204 g/mol. The first kappa shape index (κ1) is 9.98. The number of aromatic amines is 1. The molecule has 2 aromatic heterocycles. The van der Waals surface area contributed by atoms with E-state index in [9.17, 15) is 0 Å². The quantitative estimate of drug-likeness (QED) is 0.716. The Hall–Kier alpha value is -1.55. The Bertz CT molecular complexity index is 388. The van der Waals surface area contributed by atoms with Crippen molar-refractivity contribution in [3.63, 3.8) is 0 Å². The monoisotopic (exact) mass is 204 g/mol. The average Bonchev–Trinajstić information content (AvgIpc) is 2.84. The van der Waals surface area contributed by atoms with Crippen LogP contribution in [0.15, 0.2) is 31.0 Å². The largest absolute Gasteiger partial charge is 0.357 e. The van der Waals surface area contributed by atoms with Crippen molar-refractivity contribution in [1.82, 2.24) is 19.9 Å². The van der Waals surface area contributed by atoms with Gasteiger partial charge >= 0.3 is 0 Å². The highest BCUT2D eigenvalue weighted by atomic mass is 14.9. The normalized spacial score (nSPS) is 10.7. The molecule has 0 fully saturated rings. The Morgan fingerprint density at radius 2 is 2.47 bits per heavy atom. The fourth-order valence-corrected chi connectivity index (χ4v) is 1.54. The number of hydrogen-bond acceptors (Lipinski definition) is 2. The van der Waals surface area contributed by atoms with E-state index in [0.717, 1.165) is 19.5 Å². The molecule has 15 heavy (non-hydrogen) atoms. The lowest BCUT2D eigenvalue weighted by molar-refractivity contribution is 0.680. The van der Waals surface area contributed by atoms with Gasteiger partial charge in [0.2, 0.25) is 0 Å². The molecule has 2 rings (SSSR count). The SMILES string of the molecule is Cn1ccc(CNCCc2cnc[nH]2)c1. The fourth-order valence-electron chi connectivity index (χ4n) is 1.54. The molecule has 0 aliphatic carbocycles. The van der Waals surface area contributed by atoms with Crippen molar-refractivity contribution < 1.29 is 0 Å². The number of imidazole rings is 1. The van der Waals surface area contributed by atoms with E-state index in [0.29, 0.717) is 0 Å². The minimum atomic E-state index is 0.926. The number of nitrogens with zero attached hydrogens (tertiary/aromatic N) is 2. The molecule has 0 saturated heterocycles. The van der Waals surface area contributed by atoms with E-state index in [1.165, 1.54) is 11.3 Å². The first-order valence-corrected chi connectivity index (χ1v) is 5.13. The summed E-state index contributed by atoms with van der Waals surface area (Å²) >= 11 is 0. The van der Waals surface area contributed by atoms with Crippen LogP contribution in [-0.4, -0.2) is 21.1 Å². The summed E-state index contributed by atoms with van der Waals surface area (Å²) in [7, 11) is 2.04. The molecule has 0 bridgehead atoms. The highest BCUT2D eigenvalue weighted by molar-refractivity contribution is 5.09. The summed E-state index contributed by atoms with van der Waals surface area (Å²) in [6.45, 7) is 1.89. The standard InChI is InChI=1S/C11H16N4/c1-15-5-3-10(8-15)6-12-4-2-11-7-13-9-14-11/h3,5,7-9,12H,2,4,6H2,1H3,(H,13,14). The maximum atomic E-state index is 3.98. The lowest BCUT2D eigenvalue weighted by atomic mass is 10.3. The Morgan fingerprint density at radius 1 is 1.53 bits per heavy atom. The molecule has 0 atom stereocenters. The first-order chi connectivity index (χ1) is 7.34. The van der Waals surface area contributed by atoms with Crippen LogP contribution in [0.2, 0.25) is 0 Å². The molecule has 2 heterocycles. The molecule has 80 valence electrons. The van der Waals surface area contributed by atoms with Crippen molar-refractivity contribution in [1.29, 1.82) is 0 Å². The van der Waals surface area contributed by atoms with Crippen molar-refractivity contribution in [3.05, 3.63) is 42.2 Å². The first-order valence-electron chi connectivity index (χ1n) is 5.13. The molecule has 0 aliphatic heterocycles. The molecule has 0 radical (unpaired) electrons. The lowest BCUT2D eigenvalue weighted by Crippen LogP contribution is -2.16. The van der Waals surface area contributed by atoms with Crippen molar-refractivity contribution in [2.24, 2.45) is 7.05 Å². The Balaban J connectivity index is 1.67. The third-order valence-corrected chi connectivity index (χ3v) is 2.35. The van der Waals surface area contributed by atoms with E-state index < -0.39 is 0 Å². The summed E-state index contributed by atoms with van der Waals surface area (Å²) < 4.78 is 2.06. The van der Waals surface area contributed by atoms with Crippen LogP contribution in [0.25, 0.3) is 0 Å². The molecule has 0 aromatic carbocycles. The summed E-state index contributed by atoms with van der Waals surface area (Å²) in [5, 5.41) is 3.39. The third kappa shape index (κ3) is 2.95. The fraction of sp³-hybridized carbons (Fsp3) is 0.364.